The molecule has 0 saturated heterocycles. The van der Waals surface area contributed by atoms with Gasteiger partial charge in [-0.1, -0.05) is 13.8 Å². The third kappa shape index (κ3) is 2.25. The zero-order valence-electron chi connectivity index (χ0n) is 9.58. The van der Waals surface area contributed by atoms with Crippen LogP contribution in [0.1, 0.15) is 45.1 Å². The van der Waals surface area contributed by atoms with E-state index in [-0.39, 0.29) is 0 Å². The van der Waals surface area contributed by atoms with Crippen molar-refractivity contribution >= 4 is 22.4 Å². The molecule has 0 bridgehead atoms. The summed E-state index contributed by atoms with van der Waals surface area (Å²) in [6.45, 7) is 6.65. The summed E-state index contributed by atoms with van der Waals surface area (Å²) in [6.07, 6.45) is 2.54. The van der Waals surface area contributed by atoms with Crippen molar-refractivity contribution in [3.8, 4) is 0 Å². The van der Waals surface area contributed by atoms with E-state index in [0.29, 0.717) is 17.9 Å². The number of nitrogens with two attached hydrogens (primary N) is 1. The molecule has 1 aromatic heterocycles. The van der Waals surface area contributed by atoms with Crippen molar-refractivity contribution in [1.82, 2.24) is 4.37 Å². The fraction of sp³-hybridized carbons (Fsp3) is 0.727. The van der Waals surface area contributed by atoms with Gasteiger partial charge >= 0.3 is 0 Å². The van der Waals surface area contributed by atoms with Crippen molar-refractivity contribution in [1.29, 1.82) is 0 Å². The van der Waals surface area contributed by atoms with Crippen LogP contribution in [-0.2, 0) is 0 Å². The minimum Gasteiger partial charge on any atom is -0.383 e. The number of rotatable bonds is 4. The molecule has 1 unspecified atom stereocenters. The van der Waals surface area contributed by atoms with Gasteiger partial charge < -0.3 is 11.1 Å². The van der Waals surface area contributed by atoms with Crippen molar-refractivity contribution in [2.24, 2.45) is 5.92 Å². The number of nitrogen functional groups attached to an aromatic ring is 1. The average molecular weight is 225 g/mol. The summed E-state index contributed by atoms with van der Waals surface area (Å²) in [4.78, 5) is 0. The Hall–Kier alpha value is -0.770. The van der Waals surface area contributed by atoms with Gasteiger partial charge in [0.15, 0.2) is 0 Å². The van der Waals surface area contributed by atoms with Gasteiger partial charge in [0.05, 0.1) is 0 Å². The third-order valence-electron chi connectivity index (χ3n) is 3.10. The highest BCUT2D eigenvalue weighted by atomic mass is 32.1. The molecule has 1 aliphatic carbocycles. The first-order valence-corrected chi connectivity index (χ1v) is 6.38. The van der Waals surface area contributed by atoms with Gasteiger partial charge in [-0.2, -0.15) is 4.37 Å². The molecule has 3 N–H and O–H groups in total. The molecule has 4 heteroatoms. The minimum atomic E-state index is 0.474. The molecule has 0 aliphatic heterocycles. The molecule has 0 radical (unpaired) electrons. The van der Waals surface area contributed by atoms with E-state index in [1.54, 1.807) is 0 Å². The molecule has 1 aliphatic rings. The zero-order chi connectivity index (χ0) is 11.0. The normalized spacial score (nSPS) is 18.1. The summed E-state index contributed by atoms with van der Waals surface area (Å²) in [5, 5.41) is 4.72. The Bertz CT molecular complexity index is 342. The SMILES string of the molecule is CC(C)C(C)Nc1snc(N)c1C1CC1. The number of nitrogens with zero attached hydrogens (tertiary/aromatic N) is 1. The largest absolute Gasteiger partial charge is 0.383 e. The van der Waals surface area contributed by atoms with E-state index in [1.807, 2.05) is 0 Å². The van der Waals surface area contributed by atoms with E-state index in [2.05, 4.69) is 30.5 Å². The summed E-state index contributed by atoms with van der Waals surface area (Å²) in [7, 11) is 0. The van der Waals surface area contributed by atoms with Crippen LogP contribution >= 0.6 is 11.5 Å². The fourth-order valence-electron chi connectivity index (χ4n) is 1.55. The summed E-state index contributed by atoms with van der Waals surface area (Å²) in [6, 6.07) is 0.474. The lowest BCUT2D eigenvalue weighted by atomic mass is 10.1. The fourth-order valence-corrected chi connectivity index (χ4v) is 2.45. The van der Waals surface area contributed by atoms with Crippen LogP contribution in [0.15, 0.2) is 0 Å². The molecule has 0 aromatic carbocycles. The van der Waals surface area contributed by atoms with E-state index >= 15 is 0 Å². The maximum absolute atomic E-state index is 5.89. The van der Waals surface area contributed by atoms with Gasteiger partial charge in [0.25, 0.3) is 0 Å². The van der Waals surface area contributed by atoms with Crippen LogP contribution < -0.4 is 11.1 Å². The van der Waals surface area contributed by atoms with Crippen LogP contribution in [0.25, 0.3) is 0 Å². The Balaban J connectivity index is 2.13. The Labute approximate surface area is 95.2 Å². The molecule has 1 fully saturated rings. The molecule has 15 heavy (non-hydrogen) atoms. The second-order valence-corrected chi connectivity index (χ2v) is 5.54. The Morgan fingerprint density at radius 3 is 2.60 bits per heavy atom. The highest BCUT2D eigenvalue weighted by Crippen LogP contribution is 2.47. The maximum Gasteiger partial charge on any atom is 0.142 e. The number of nitrogens with one attached hydrogen (secondary N) is 1. The van der Waals surface area contributed by atoms with E-state index < -0.39 is 0 Å². The van der Waals surface area contributed by atoms with Crippen molar-refractivity contribution in [3.05, 3.63) is 5.56 Å². The highest BCUT2D eigenvalue weighted by molar-refractivity contribution is 7.10. The molecule has 0 spiro atoms. The first-order valence-electron chi connectivity index (χ1n) is 5.61. The monoisotopic (exact) mass is 225 g/mol. The number of hydrogen-bond acceptors (Lipinski definition) is 4. The molecule has 1 saturated carbocycles. The van der Waals surface area contributed by atoms with Crippen LogP contribution in [0.3, 0.4) is 0 Å². The first-order chi connectivity index (χ1) is 7.09. The average Bonchev–Trinajstić information content (AvgIpc) is 2.93. The minimum absolute atomic E-state index is 0.474. The second kappa shape index (κ2) is 4.00. The molecular formula is C11H19N3S. The Morgan fingerprint density at radius 1 is 1.40 bits per heavy atom. The van der Waals surface area contributed by atoms with Crippen molar-refractivity contribution in [3.63, 3.8) is 0 Å². The number of aromatic nitrogens is 1. The molecule has 3 nitrogen and oxygen atoms in total. The predicted molar refractivity (Wildman–Crippen MR) is 66.4 cm³/mol. The van der Waals surface area contributed by atoms with Crippen molar-refractivity contribution in [2.45, 2.75) is 45.6 Å². The zero-order valence-corrected chi connectivity index (χ0v) is 10.4. The number of anilines is 2. The van der Waals surface area contributed by atoms with Gasteiger partial charge in [0, 0.05) is 11.6 Å². The van der Waals surface area contributed by atoms with Crippen LogP contribution in [-0.4, -0.2) is 10.4 Å². The Kier molecular flexibility index (Phi) is 2.87. The topological polar surface area (TPSA) is 50.9 Å². The smallest absolute Gasteiger partial charge is 0.142 e. The van der Waals surface area contributed by atoms with Gasteiger partial charge in [-0.25, -0.2) is 0 Å². The molecular weight excluding hydrogens is 206 g/mol. The van der Waals surface area contributed by atoms with Crippen molar-refractivity contribution in [2.75, 3.05) is 11.1 Å². The highest BCUT2D eigenvalue weighted by Gasteiger charge is 2.30. The van der Waals surface area contributed by atoms with Crippen LogP contribution in [0.5, 0.6) is 0 Å². The second-order valence-electron chi connectivity index (χ2n) is 4.76. The lowest BCUT2D eigenvalue weighted by molar-refractivity contribution is 0.560. The predicted octanol–water partition coefficient (Wildman–Crippen LogP) is 3.06. The lowest BCUT2D eigenvalue weighted by Gasteiger charge is -2.18. The van der Waals surface area contributed by atoms with Crippen molar-refractivity contribution < 1.29 is 0 Å². The summed E-state index contributed by atoms with van der Waals surface area (Å²) >= 11 is 1.50. The van der Waals surface area contributed by atoms with Crippen LogP contribution in [0, 0.1) is 5.92 Å². The summed E-state index contributed by atoms with van der Waals surface area (Å²) in [5.74, 6) is 2.03. The quantitative estimate of drug-likeness (QED) is 0.828. The van der Waals surface area contributed by atoms with E-state index in [4.69, 9.17) is 5.73 Å². The van der Waals surface area contributed by atoms with Gasteiger partial charge in [-0.05, 0) is 43.1 Å². The van der Waals surface area contributed by atoms with E-state index in [1.165, 1.54) is 34.9 Å². The molecule has 1 heterocycles. The van der Waals surface area contributed by atoms with Gasteiger partial charge in [0.1, 0.15) is 10.8 Å². The van der Waals surface area contributed by atoms with Gasteiger partial charge in [-0.15, -0.1) is 0 Å². The van der Waals surface area contributed by atoms with Gasteiger partial charge in [0.2, 0.25) is 0 Å². The van der Waals surface area contributed by atoms with E-state index in [0.717, 1.165) is 5.82 Å². The maximum atomic E-state index is 5.89. The summed E-state index contributed by atoms with van der Waals surface area (Å²) in [5.41, 5.74) is 7.16. The lowest BCUT2D eigenvalue weighted by Crippen LogP contribution is -2.21. The van der Waals surface area contributed by atoms with Gasteiger partial charge in [-0.3, -0.25) is 0 Å². The molecule has 2 rings (SSSR count). The molecule has 1 atom stereocenters. The van der Waals surface area contributed by atoms with Crippen LogP contribution in [0.2, 0.25) is 0 Å². The molecule has 0 amide bonds. The first kappa shape index (κ1) is 10.7. The Morgan fingerprint density at radius 2 is 2.07 bits per heavy atom. The summed E-state index contributed by atoms with van der Waals surface area (Å²) < 4.78 is 4.25. The molecule has 84 valence electrons. The molecule has 1 aromatic rings. The standard InChI is InChI=1S/C11H19N3S/c1-6(2)7(3)13-11-9(8-4-5-8)10(12)14-15-11/h6-8,13H,4-5H2,1-3H3,(H2,12,14). The van der Waals surface area contributed by atoms with Crippen LogP contribution in [0.4, 0.5) is 10.8 Å². The van der Waals surface area contributed by atoms with E-state index in [9.17, 15) is 0 Å². The number of hydrogen-bond donors (Lipinski definition) is 2. The third-order valence-corrected chi connectivity index (χ3v) is 3.91.